The molecule has 3 amide bonds. The van der Waals surface area contributed by atoms with Crippen LogP contribution in [0.2, 0.25) is 0 Å². The fourth-order valence-corrected chi connectivity index (χ4v) is 5.07. The molecular weight excluding hydrogens is 524 g/mol. The van der Waals surface area contributed by atoms with E-state index in [2.05, 4.69) is 27.6 Å². The van der Waals surface area contributed by atoms with E-state index in [-0.39, 0.29) is 18.0 Å². The molecule has 1 saturated heterocycles. The van der Waals surface area contributed by atoms with Gasteiger partial charge in [0.05, 0.1) is 11.0 Å². The first-order valence-corrected chi connectivity index (χ1v) is 14.1. The number of rotatable bonds is 10. The number of ether oxygens (including phenoxy) is 1. The molecule has 11 heteroatoms. The molecule has 2 aromatic heterocycles. The third-order valence-corrected chi connectivity index (χ3v) is 7.09. The zero-order chi connectivity index (χ0) is 29.7. The number of hydrogen-bond donors (Lipinski definition) is 2. The molecule has 1 aliphatic rings. The number of pyridine rings is 1. The van der Waals surface area contributed by atoms with Crippen LogP contribution < -0.4 is 16.3 Å². The van der Waals surface area contributed by atoms with Gasteiger partial charge in [-0.1, -0.05) is 18.6 Å². The molecule has 1 atom stereocenters. The van der Waals surface area contributed by atoms with Gasteiger partial charge in [-0.15, -0.1) is 0 Å². The molecule has 4 rings (SSSR count). The first-order chi connectivity index (χ1) is 19.4. The number of imidazole rings is 1. The van der Waals surface area contributed by atoms with E-state index in [1.165, 1.54) is 4.57 Å². The molecule has 0 saturated carbocycles. The van der Waals surface area contributed by atoms with Gasteiger partial charge in [0.15, 0.2) is 0 Å². The van der Waals surface area contributed by atoms with E-state index in [1.54, 1.807) is 23.9 Å². The lowest BCUT2D eigenvalue weighted by molar-refractivity contribution is -0.135. The van der Waals surface area contributed by atoms with Crippen LogP contribution in [0.4, 0.5) is 10.6 Å². The highest BCUT2D eigenvalue weighted by atomic mass is 16.6. The number of anilines is 1. The molecule has 3 heterocycles. The monoisotopic (exact) mass is 564 g/mol. The van der Waals surface area contributed by atoms with Crippen LogP contribution in [0.1, 0.15) is 70.0 Å². The lowest BCUT2D eigenvalue weighted by Gasteiger charge is -2.21. The maximum Gasteiger partial charge on any atom is 0.413 e. The molecular formula is C30H40N6O5. The van der Waals surface area contributed by atoms with Crippen molar-refractivity contribution >= 4 is 34.8 Å². The van der Waals surface area contributed by atoms with E-state index in [4.69, 9.17) is 4.74 Å². The summed E-state index contributed by atoms with van der Waals surface area (Å²) in [5.41, 5.74) is 2.89. The van der Waals surface area contributed by atoms with Crippen molar-refractivity contribution in [1.82, 2.24) is 24.3 Å². The van der Waals surface area contributed by atoms with Crippen molar-refractivity contribution in [1.29, 1.82) is 0 Å². The van der Waals surface area contributed by atoms with Crippen LogP contribution in [0.15, 0.2) is 41.3 Å². The Morgan fingerprint density at radius 2 is 1.85 bits per heavy atom. The maximum atomic E-state index is 13.0. The number of carbonyl (C=O) groups is 3. The van der Waals surface area contributed by atoms with E-state index in [0.717, 1.165) is 55.4 Å². The Bertz CT molecular complexity index is 1470. The summed E-state index contributed by atoms with van der Waals surface area (Å²) in [6, 6.07) is 9.01. The molecule has 1 aliphatic heterocycles. The normalized spacial score (nSPS) is 15.8. The molecule has 2 N–H and O–H groups in total. The molecule has 1 fully saturated rings. The Balaban J connectivity index is 1.23. The predicted molar refractivity (Wildman–Crippen MR) is 157 cm³/mol. The zero-order valence-corrected chi connectivity index (χ0v) is 24.5. The van der Waals surface area contributed by atoms with Gasteiger partial charge in [-0.25, -0.2) is 14.6 Å². The summed E-state index contributed by atoms with van der Waals surface area (Å²) in [6.07, 6.45) is 5.83. The molecule has 0 radical (unpaired) electrons. The SMILES string of the molecule is CN(CCCCCc1ccc2c(c1)n(C)c(=O)n2C1CCC(=O)NC1=O)Cc1ccc(NC(=O)OC(C)(C)C)nc1. The number of aromatic nitrogens is 3. The van der Waals surface area contributed by atoms with Crippen molar-refractivity contribution in [2.45, 2.75) is 77.5 Å². The number of imide groups is 1. The Kier molecular flexibility index (Phi) is 9.27. The number of hydrogen-bond acceptors (Lipinski definition) is 7. The van der Waals surface area contributed by atoms with Crippen molar-refractivity contribution in [2.24, 2.45) is 7.05 Å². The van der Waals surface area contributed by atoms with Crippen molar-refractivity contribution in [3.05, 3.63) is 58.1 Å². The number of amides is 3. The van der Waals surface area contributed by atoms with Crippen LogP contribution >= 0.6 is 0 Å². The zero-order valence-electron chi connectivity index (χ0n) is 24.5. The van der Waals surface area contributed by atoms with E-state index >= 15 is 0 Å². The molecule has 1 aromatic carbocycles. The molecule has 41 heavy (non-hydrogen) atoms. The Hall–Kier alpha value is -3.99. The summed E-state index contributed by atoms with van der Waals surface area (Å²) >= 11 is 0. The van der Waals surface area contributed by atoms with E-state index in [9.17, 15) is 19.2 Å². The minimum atomic E-state index is -0.672. The molecule has 0 aliphatic carbocycles. The number of piperidine rings is 1. The second kappa shape index (κ2) is 12.7. The highest BCUT2D eigenvalue weighted by molar-refractivity contribution is 6.00. The van der Waals surface area contributed by atoms with Gasteiger partial charge >= 0.3 is 11.8 Å². The van der Waals surface area contributed by atoms with Crippen LogP contribution in [0.25, 0.3) is 11.0 Å². The summed E-state index contributed by atoms with van der Waals surface area (Å²) < 4.78 is 8.34. The van der Waals surface area contributed by atoms with E-state index in [1.807, 2.05) is 45.0 Å². The van der Waals surface area contributed by atoms with Crippen molar-refractivity contribution in [3.63, 3.8) is 0 Å². The summed E-state index contributed by atoms with van der Waals surface area (Å²) in [5, 5.41) is 4.99. The second-order valence-electron chi connectivity index (χ2n) is 11.7. The third kappa shape index (κ3) is 7.81. The minimum absolute atomic E-state index is 0.225. The molecule has 1 unspecified atom stereocenters. The van der Waals surface area contributed by atoms with Gasteiger partial charge in [-0.2, -0.15) is 0 Å². The summed E-state index contributed by atoms with van der Waals surface area (Å²) in [5.74, 6) is -0.266. The molecule has 0 spiro atoms. The van der Waals surface area contributed by atoms with Gasteiger partial charge < -0.3 is 9.64 Å². The fourth-order valence-electron chi connectivity index (χ4n) is 5.07. The smallest absolute Gasteiger partial charge is 0.413 e. The van der Waals surface area contributed by atoms with Crippen LogP contribution in [-0.2, 0) is 34.3 Å². The van der Waals surface area contributed by atoms with Crippen LogP contribution in [0.5, 0.6) is 0 Å². The summed E-state index contributed by atoms with van der Waals surface area (Å²) in [7, 11) is 3.79. The number of nitrogens with zero attached hydrogens (tertiary/aromatic N) is 4. The maximum absolute atomic E-state index is 13.0. The number of fused-ring (bicyclic) bond motifs is 1. The first kappa shape index (κ1) is 30.0. The third-order valence-electron chi connectivity index (χ3n) is 7.09. The number of aryl methyl sites for hydroxylation is 2. The summed E-state index contributed by atoms with van der Waals surface area (Å²) in [6.45, 7) is 7.14. The highest BCUT2D eigenvalue weighted by Crippen LogP contribution is 2.24. The van der Waals surface area contributed by atoms with Crippen LogP contribution in [-0.4, -0.2) is 56.1 Å². The van der Waals surface area contributed by atoms with Gasteiger partial charge in [0.1, 0.15) is 17.5 Å². The number of unbranched alkanes of at least 4 members (excludes halogenated alkanes) is 2. The first-order valence-electron chi connectivity index (χ1n) is 14.1. The van der Waals surface area contributed by atoms with Gasteiger partial charge in [-0.05, 0) is 89.4 Å². The average Bonchev–Trinajstić information content (AvgIpc) is 3.13. The van der Waals surface area contributed by atoms with Gasteiger partial charge in [0, 0.05) is 26.2 Å². The number of benzene rings is 1. The Labute approximate surface area is 239 Å². The van der Waals surface area contributed by atoms with E-state index in [0.29, 0.717) is 17.8 Å². The largest absolute Gasteiger partial charge is 0.444 e. The average molecular weight is 565 g/mol. The molecule has 11 nitrogen and oxygen atoms in total. The molecule has 220 valence electrons. The van der Waals surface area contributed by atoms with Crippen molar-refractivity contribution in [3.8, 4) is 0 Å². The van der Waals surface area contributed by atoms with Crippen LogP contribution in [0.3, 0.4) is 0 Å². The quantitative estimate of drug-likeness (QED) is 0.282. The lowest BCUT2D eigenvalue weighted by atomic mass is 10.0. The molecule has 3 aromatic rings. The van der Waals surface area contributed by atoms with Crippen molar-refractivity contribution in [2.75, 3.05) is 18.9 Å². The lowest BCUT2D eigenvalue weighted by Crippen LogP contribution is -2.44. The minimum Gasteiger partial charge on any atom is -0.444 e. The Morgan fingerprint density at radius 1 is 1.10 bits per heavy atom. The van der Waals surface area contributed by atoms with Gasteiger partial charge in [-0.3, -0.25) is 29.4 Å². The van der Waals surface area contributed by atoms with Crippen LogP contribution in [0, 0.1) is 0 Å². The van der Waals surface area contributed by atoms with E-state index < -0.39 is 23.6 Å². The predicted octanol–water partition coefficient (Wildman–Crippen LogP) is 3.90. The number of nitrogens with one attached hydrogen (secondary N) is 2. The van der Waals surface area contributed by atoms with Crippen molar-refractivity contribution < 1.29 is 19.1 Å². The van der Waals surface area contributed by atoms with Gasteiger partial charge in [0.25, 0.3) is 0 Å². The fraction of sp³-hybridized carbons (Fsp3) is 0.500. The number of carbonyl (C=O) groups excluding carboxylic acids is 3. The second-order valence-corrected chi connectivity index (χ2v) is 11.7. The molecule has 0 bridgehead atoms. The Morgan fingerprint density at radius 3 is 2.54 bits per heavy atom. The summed E-state index contributed by atoms with van der Waals surface area (Å²) in [4.78, 5) is 55.4. The standard InChI is InChI=1S/C30H40N6O5/c1-30(2,3)41-28(39)32-25-14-11-21(18-31-25)19-34(4)16-8-6-7-9-20-10-12-22-24(17-20)35(5)29(40)36(22)23-13-15-26(37)33-27(23)38/h10-12,14,17-18,23H,6-9,13,15-16,19H2,1-5H3,(H,31,32,39)(H,33,37,38). The van der Waals surface area contributed by atoms with Gasteiger partial charge in [0.2, 0.25) is 11.8 Å². The topological polar surface area (TPSA) is 128 Å². The highest BCUT2D eigenvalue weighted by Gasteiger charge is 2.31.